The van der Waals surface area contributed by atoms with Gasteiger partial charge in [0.2, 0.25) is 0 Å². The molecule has 1 N–H and O–H groups in total. The van der Waals surface area contributed by atoms with Crippen LogP contribution in [0.5, 0.6) is 0 Å². The molecule has 7 nitrogen and oxygen atoms in total. The largest absolute Gasteiger partial charge is 0.378 e. The molecule has 1 aliphatic heterocycles. The first kappa shape index (κ1) is 21.9. The number of benzene rings is 1. The fourth-order valence-corrected chi connectivity index (χ4v) is 3.62. The lowest BCUT2D eigenvalue weighted by atomic mass is 9.91. The number of nitrogens with zero attached hydrogens (tertiary/aromatic N) is 4. The number of nitrogens with one attached hydrogen (secondary N) is 1. The van der Waals surface area contributed by atoms with Crippen LogP contribution in [0.2, 0.25) is 0 Å². The Morgan fingerprint density at radius 1 is 1.03 bits per heavy atom. The molecule has 1 aliphatic rings. The fourth-order valence-electron chi connectivity index (χ4n) is 3.62. The summed E-state index contributed by atoms with van der Waals surface area (Å²) in [7, 11) is 0. The van der Waals surface area contributed by atoms with Gasteiger partial charge < -0.3 is 15.0 Å². The molecule has 166 valence electrons. The molecule has 0 saturated carbocycles. The molecule has 3 heterocycles. The Balaban J connectivity index is 1.58. The van der Waals surface area contributed by atoms with Gasteiger partial charge in [0.05, 0.1) is 18.9 Å². The van der Waals surface area contributed by atoms with Gasteiger partial charge in [-0.15, -0.1) is 0 Å². The summed E-state index contributed by atoms with van der Waals surface area (Å²) in [5.41, 5.74) is 4.93. The Hall–Kier alpha value is -3.32. The second-order valence-corrected chi connectivity index (χ2v) is 9.02. The summed E-state index contributed by atoms with van der Waals surface area (Å²) >= 11 is 0. The number of hydrogen-bond donors (Lipinski definition) is 1. The van der Waals surface area contributed by atoms with Crippen molar-refractivity contribution in [1.29, 1.82) is 0 Å². The molecule has 1 amide bonds. The highest BCUT2D eigenvalue weighted by Gasteiger charge is 2.18. The van der Waals surface area contributed by atoms with Gasteiger partial charge in [0.1, 0.15) is 12.1 Å². The minimum atomic E-state index is -0.163. The Morgan fingerprint density at radius 2 is 1.81 bits per heavy atom. The summed E-state index contributed by atoms with van der Waals surface area (Å²) in [6.45, 7) is 11.3. The smallest absolute Gasteiger partial charge is 0.255 e. The van der Waals surface area contributed by atoms with Crippen LogP contribution >= 0.6 is 0 Å². The Labute approximate surface area is 188 Å². The van der Waals surface area contributed by atoms with Crippen LogP contribution < -0.4 is 10.2 Å². The third kappa shape index (κ3) is 4.94. The maximum atomic E-state index is 12.9. The first-order chi connectivity index (χ1) is 15.3. The van der Waals surface area contributed by atoms with E-state index >= 15 is 0 Å². The summed E-state index contributed by atoms with van der Waals surface area (Å²) in [5.74, 6) is 0.725. The fraction of sp³-hybridized carbons (Fsp3) is 0.360. The molecule has 0 bridgehead atoms. The van der Waals surface area contributed by atoms with Crippen LogP contribution in [0, 0.1) is 6.92 Å². The molecular weight excluding hydrogens is 402 g/mol. The van der Waals surface area contributed by atoms with Gasteiger partial charge in [-0.2, -0.15) is 0 Å². The quantitative estimate of drug-likeness (QED) is 0.666. The third-order valence-electron chi connectivity index (χ3n) is 5.55. The summed E-state index contributed by atoms with van der Waals surface area (Å²) in [6, 6.07) is 11.5. The van der Waals surface area contributed by atoms with Gasteiger partial charge in [-0.1, -0.05) is 26.8 Å². The average Bonchev–Trinajstić information content (AvgIpc) is 2.80. The van der Waals surface area contributed by atoms with Gasteiger partial charge in [0, 0.05) is 53.3 Å². The third-order valence-corrected chi connectivity index (χ3v) is 5.55. The number of pyridine rings is 1. The molecule has 1 saturated heterocycles. The second-order valence-electron chi connectivity index (χ2n) is 9.02. The number of carbonyl (C=O) groups is 1. The minimum Gasteiger partial charge on any atom is -0.378 e. The Kier molecular flexibility index (Phi) is 6.19. The molecule has 1 aromatic carbocycles. The number of aromatic nitrogens is 3. The van der Waals surface area contributed by atoms with Crippen molar-refractivity contribution >= 4 is 17.4 Å². The van der Waals surface area contributed by atoms with Crippen molar-refractivity contribution in [3.8, 4) is 11.3 Å². The number of ether oxygens (including phenoxy) is 1. The lowest BCUT2D eigenvalue weighted by Crippen LogP contribution is -2.36. The molecule has 1 fully saturated rings. The van der Waals surface area contributed by atoms with Crippen molar-refractivity contribution < 1.29 is 9.53 Å². The first-order valence-corrected chi connectivity index (χ1v) is 10.8. The van der Waals surface area contributed by atoms with Crippen molar-refractivity contribution in [3.63, 3.8) is 0 Å². The standard InChI is InChI=1S/C25H29N5O2/c1-17-5-6-19(29-24(31)18-7-8-26-22(13-18)25(2,3)4)14-20(17)21-15-23(28-16-27-21)30-9-11-32-12-10-30/h5-8,13-16H,9-12H2,1-4H3,(H,29,31). The molecular formula is C25H29N5O2. The lowest BCUT2D eigenvalue weighted by Gasteiger charge is -2.27. The maximum Gasteiger partial charge on any atom is 0.255 e. The van der Waals surface area contributed by atoms with Gasteiger partial charge in [-0.05, 0) is 36.8 Å². The van der Waals surface area contributed by atoms with E-state index in [-0.39, 0.29) is 11.3 Å². The van der Waals surface area contributed by atoms with E-state index in [0.717, 1.165) is 47.1 Å². The molecule has 32 heavy (non-hydrogen) atoms. The van der Waals surface area contributed by atoms with Gasteiger partial charge in [0.25, 0.3) is 5.91 Å². The summed E-state index contributed by atoms with van der Waals surface area (Å²) in [5, 5.41) is 3.02. The SMILES string of the molecule is Cc1ccc(NC(=O)c2ccnc(C(C)(C)C)c2)cc1-c1cc(N2CCOCC2)ncn1. The highest BCUT2D eigenvalue weighted by atomic mass is 16.5. The topological polar surface area (TPSA) is 80.2 Å². The number of amides is 1. The number of hydrogen-bond acceptors (Lipinski definition) is 6. The Bertz CT molecular complexity index is 1120. The predicted octanol–water partition coefficient (Wildman–Crippen LogP) is 4.23. The van der Waals surface area contributed by atoms with E-state index in [2.05, 4.69) is 45.9 Å². The predicted molar refractivity (Wildman–Crippen MR) is 126 cm³/mol. The number of morpholine rings is 1. The number of anilines is 2. The van der Waals surface area contributed by atoms with Gasteiger partial charge in [0.15, 0.2) is 0 Å². The van der Waals surface area contributed by atoms with Crippen LogP contribution in [0.1, 0.15) is 42.4 Å². The van der Waals surface area contributed by atoms with Crippen LogP contribution in [0.25, 0.3) is 11.3 Å². The van der Waals surface area contributed by atoms with Crippen molar-refractivity contribution in [2.24, 2.45) is 0 Å². The number of aryl methyl sites for hydroxylation is 1. The van der Waals surface area contributed by atoms with Gasteiger partial charge >= 0.3 is 0 Å². The van der Waals surface area contributed by atoms with Crippen LogP contribution in [-0.2, 0) is 10.2 Å². The lowest BCUT2D eigenvalue weighted by molar-refractivity contribution is 0.102. The van der Waals surface area contributed by atoms with Crippen LogP contribution in [-0.4, -0.2) is 47.2 Å². The maximum absolute atomic E-state index is 12.9. The van der Waals surface area contributed by atoms with Crippen molar-refractivity contribution in [1.82, 2.24) is 15.0 Å². The molecule has 7 heteroatoms. The van der Waals surface area contributed by atoms with Crippen molar-refractivity contribution in [2.75, 3.05) is 36.5 Å². The molecule has 0 atom stereocenters. The zero-order valence-corrected chi connectivity index (χ0v) is 19.1. The van der Waals surface area contributed by atoms with Gasteiger partial charge in [-0.3, -0.25) is 9.78 Å². The highest BCUT2D eigenvalue weighted by molar-refractivity contribution is 6.04. The highest BCUT2D eigenvalue weighted by Crippen LogP contribution is 2.28. The number of rotatable bonds is 4. The zero-order valence-electron chi connectivity index (χ0n) is 19.1. The molecule has 4 rings (SSSR count). The van der Waals surface area contributed by atoms with E-state index in [0.29, 0.717) is 18.8 Å². The van der Waals surface area contributed by atoms with Crippen LogP contribution in [0.15, 0.2) is 48.9 Å². The number of carbonyl (C=O) groups excluding carboxylic acids is 1. The first-order valence-electron chi connectivity index (χ1n) is 10.8. The average molecular weight is 432 g/mol. The Morgan fingerprint density at radius 3 is 2.56 bits per heavy atom. The van der Waals surface area contributed by atoms with E-state index in [9.17, 15) is 4.79 Å². The van der Waals surface area contributed by atoms with E-state index in [1.54, 1.807) is 18.6 Å². The monoisotopic (exact) mass is 431 g/mol. The van der Waals surface area contributed by atoms with Crippen molar-refractivity contribution in [2.45, 2.75) is 33.1 Å². The van der Waals surface area contributed by atoms with Gasteiger partial charge in [-0.25, -0.2) is 9.97 Å². The van der Waals surface area contributed by atoms with E-state index < -0.39 is 0 Å². The van der Waals surface area contributed by atoms with Crippen molar-refractivity contribution in [3.05, 3.63) is 65.7 Å². The normalized spacial score (nSPS) is 14.3. The summed E-state index contributed by atoms with van der Waals surface area (Å²) < 4.78 is 5.44. The molecule has 0 aliphatic carbocycles. The zero-order chi connectivity index (χ0) is 22.7. The summed E-state index contributed by atoms with van der Waals surface area (Å²) in [6.07, 6.45) is 3.28. The minimum absolute atomic E-state index is 0.126. The van der Waals surface area contributed by atoms with Crippen LogP contribution in [0.3, 0.4) is 0 Å². The van der Waals surface area contributed by atoms with E-state index in [1.807, 2.05) is 37.3 Å². The van der Waals surface area contributed by atoms with E-state index in [4.69, 9.17) is 4.74 Å². The van der Waals surface area contributed by atoms with Crippen LogP contribution in [0.4, 0.5) is 11.5 Å². The second kappa shape index (κ2) is 9.04. The molecule has 0 unspecified atom stereocenters. The molecule has 0 spiro atoms. The molecule has 2 aromatic heterocycles. The summed E-state index contributed by atoms with van der Waals surface area (Å²) in [4.78, 5) is 28.4. The van der Waals surface area contributed by atoms with E-state index in [1.165, 1.54) is 0 Å². The molecule has 3 aromatic rings. The molecule has 0 radical (unpaired) electrons.